The molecule has 15 heteroatoms. The molecule has 1 spiro atoms. The van der Waals surface area contributed by atoms with Crippen molar-refractivity contribution in [3.8, 4) is 29.1 Å². The van der Waals surface area contributed by atoms with Crippen molar-refractivity contribution in [3.05, 3.63) is 166 Å². The van der Waals surface area contributed by atoms with Gasteiger partial charge in [0.05, 0.1) is 36.9 Å². The molecule has 3 saturated heterocycles. The first kappa shape index (κ1) is 48.8. The number of cyclic esters (lactones) is 1. The molecule has 380 valence electrons. The number of methoxy groups -OCH3 is 1. The number of amides is 3. The van der Waals surface area contributed by atoms with E-state index in [2.05, 4.69) is 22.8 Å². The Morgan fingerprint density at radius 1 is 0.784 bits per heavy atom. The van der Waals surface area contributed by atoms with Crippen LogP contribution in [0.15, 0.2) is 133 Å². The minimum Gasteiger partial charge on any atom is -0.491 e. The van der Waals surface area contributed by atoms with Gasteiger partial charge in [0.2, 0.25) is 18.6 Å². The Hall–Kier alpha value is -7.48. The molecule has 1 N–H and O–H groups in total. The molecule has 5 aromatic carbocycles. The molecule has 5 aromatic rings. The van der Waals surface area contributed by atoms with Gasteiger partial charge in [-0.05, 0) is 89.9 Å². The second-order valence-electron chi connectivity index (χ2n) is 19.4. The molecule has 11 rings (SSSR count). The van der Waals surface area contributed by atoms with Crippen LogP contribution in [0, 0.1) is 17.8 Å². The molecular formula is C59H58N4O11. The number of esters is 1. The molecule has 0 radical (unpaired) electrons. The number of benzene rings is 5. The number of morpholine rings is 1. The zero-order valence-electron chi connectivity index (χ0n) is 41.2. The average Bonchev–Trinajstić information content (AvgIpc) is 4.25. The standard InChI is InChI=1S/C59H58N4O11/c1-69-33-34-71-58(68)62-46-25-23-40(22-21-39-13-5-2-6-14-39)35-45(46)59(57(62)67)50(55(65)61-29-27-60(28-30-61)37-41-24-26-48-49(36-41)73-38-72-48)52-56(66)74-53(43-17-9-4-10-18-43)51(42-15-7-3-8-16-42)63(52)54(59)44-19-11-12-20-47(44)70-32-31-64/h3-4,7-13,15-20,23-26,35-36,50-54,64H,2,5-6,14,27-34,37-38H2,1H3. The lowest BCUT2D eigenvalue weighted by Crippen LogP contribution is -2.59. The lowest BCUT2D eigenvalue weighted by molar-refractivity contribution is -0.179. The monoisotopic (exact) mass is 998 g/mol. The smallest absolute Gasteiger partial charge is 0.421 e. The van der Waals surface area contributed by atoms with Crippen molar-refractivity contribution in [2.75, 3.05) is 71.4 Å². The summed E-state index contributed by atoms with van der Waals surface area (Å²) in [5.41, 5.74) is 3.03. The van der Waals surface area contributed by atoms with Gasteiger partial charge >= 0.3 is 12.1 Å². The first-order chi connectivity index (χ1) is 36.3. The van der Waals surface area contributed by atoms with Crippen molar-refractivity contribution in [1.82, 2.24) is 14.7 Å². The van der Waals surface area contributed by atoms with Gasteiger partial charge in [-0.1, -0.05) is 103 Å². The molecule has 1 aliphatic carbocycles. The molecular weight excluding hydrogens is 941 g/mol. The van der Waals surface area contributed by atoms with Crippen molar-refractivity contribution < 1.29 is 52.7 Å². The van der Waals surface area contributed by atoms with E-state index in [0.717, 1.165) is 47.3 Å². The van der Waals surface area contributed by atoms with E-state index in [1.165, 1.54) is 7.11 Å². The molecule has 6 unspecified atom stereocenters. The van der Waals surface area contributed by atoms with Gasteiger partial charge in [-0.15, -0.1) is 0 Å². The van der Waals surface area contributed by atoms with Crippen LogP contribution < -0.4 is 19.1 Å². The maximum atomic E-state index is 16.8. The van der Waals surface area contributed by atoms with Crippen LogP contribution in [0.5, 0.6) is 17.2 Å². The summed E-state index contributed by atoms with van der Waals surface area (Å²) in [4.78, 5) is 70.7. The molecule has 3 amide bonds. The molecule has 0 saturated carbocycles. The van der Waals surface area contributed by atoms with E-state index in [4.69, 9.17) is 28.4 Å². The molecule has 0 aromatic heterocycles. The van der Waals surface area contributed by atoms with Gasteiger partial charge in [0.25, 0.3) is 0 Å². The summed E-state index contributed by atoms with van der Waals surface area (Å²) in [6, 6.07) is 34.1. The highest BCUT2D eigenvalue weighted by molar-refractivity contribution is 6.23. The number of allylic oxidation sites excluding steroid dienone is 2. The van der Waals surface area contributed by atoms with Crippen LogP contribution in [-0.4, -0.2) is 116 Å². The van der Waals surface area contributed by atoms with Gasteiger partial charge < -0.3 is 38.4 Å². The Morgan fingerprint density at radius 3 is 2.30 bits per heavy atom. The van der Waals surface area contributed by atoms with E-state index >= 15 is 14.4 Å². The predicted octanol–water partition coefficient (Wildman–Crippen LogP) is 7.43. The van der Waals surface area contributed by atoms with E-state index in [1.807, 2.05) is 102 Å². The number of imide groups is 1. The van der Waals surface area contributed by atoms with Crippen molar-refractivity contribution in [2.45, 2.75) is 61.9 Å². The number of ether oxygens (including phenoxy) is 6. The number of para-hydroxylation sites is 1. The third kappa shape index (κ3) is 8.85. The highest BCUT2D eigenvalue weighted by atomic mass is 16.7. The highest BCUT2D eigenvalue weighted by Crippen LogP contribution is 2.67. The maximum absolute atomic E-state index is 16.8. The zero-order chi connectivity index (χ0) is 50.8. The Balaban J connectivity index is 1.13. The fraction of sp³-hybridized carbons (Fsp3) is 0.356. The highest BCUT2D eigenvalue weighted by Gasteiger charge is 2.76. The van der Waals surface area contributed by atoms with E-state index in [1.54, 1.807) is 29.2 Å². The third-order valence-corrected chi connectivity index (χ3v) is 15.2. The Morgan fingerprint density at radius 2 is 1.54 bits per heavy atom. The summed E-state index contributed by atoms with van der Waals surface area (Å²) in [6.07, 6.45) is 4.17. The second kappa shape index (κ2) is 21.2. The summed E-state index contributed by atoms with van der Waals surface area (Å²) < 4.78 is 35.4. The summed E-state index contributed by atoms with van der Waals surface area (Å²) >= 11 is 0. The lowest BCUT2D eigenvalue weighted by atomic mass is 9.64. The molecule has 3 fully saturated rings. The molecule has 0 bridgehead atoms. The quantitative estimate of drug-likeness (QED) is 0.0749. The van der Waals surface area contributed by atoms with Crippen LogP contribution in [0.2, 0.25) is 0 Å². The van der Waals surface area contributed by atoms with Crippen LogP contribution in [0.1, 0.15) is 77.3 Å². The minimum absolute atomic E-state index is 0.0669. The molecule has 74 heavy (non-hydrogen) atoms. The van der Waals surface area contributed by atoms with Gasteiger partial charge in [0, 0.05) is 51.0 Å². The first-order valence-corrected chi connectivity index (χ1v) is 25.5. The maximum Gasteiger partial charge on any atom is 0.421 e. The normalized spacial score (nSPS) is 24.1. The van der Waals surface area contributed by atoms with E-state index in [-0.39, 0.29) is 52.0 Å². The number of fused-ring (bicyclic) bond motifs is 4. The zero-order valence-corrected chi connectivity index (χ0v) is 41.2. The van der Waals surface area contributed by atoms with E-state index < -0.39 is 59.4 Å². The number of carbonyl (C=O) groups is 4. The SMILES string of the molecule is COCCOC(=O)N1C(=O)C2(c3cc(C#CC4=CCCCC4)ccc31)C(C(=O)N1CCN(Cc3ccc4c(c3)OCO4)CC1)C1C(=O)OC(c3ccccc3)C(c3ccccc3)N1C2c1ccccc1OCCO. The van der Waals surface area contributed by atoms with Crippen LogP contribution in [0.4, 0.5) is 10.5 Å². The fourth-order valence-corrected chi connectivity index (χ4v) is 11.9. The number of nitrogens with zero attached hydrogens (tertiary/aromatic N) is 4. The van der Waals surface area contributed by atoms with Gasteiger partial charge in [0.1, 0.15) is 36.5 Å². The number of hydrogen-bond donors (Lipinski definition) is 1. The molecule has 5 aliphatic heterocycles. The number of aliphatic hydroxyl groups excluding tert-OH is 1. The molecule has 15 nitrogen and oxygen atoms in total. The summed E-state index contributed by atoms with van der Waals surface area (Å²) in [5, 5.41) is 10.2. The molecule has 6 atom stereocenters. The van der Waals surface area contributed by atoms with Crippen molar-refractivity contribution in [2.24, 2.45) is 5.92 Å². The number of carbonyl (C=O) groups excluding carboxylic acids is 4. The fourth-order valence-electron chi connectivity index (χ4n) is 11.9. The van der Waals surface area contributed by atoms with Crippen LogP contribution in [0.3, 0.4) is 0 Å². The number of hydrogen-bond acceptors (Lipinski definition) is 13. The van der Waals surface area contributed by atoms with Gasteiger partial charge in [-0.25, -0.2) is 9.69 Å². The Labute approximate surface area is 430 Å². The average molecular weight is 999 g/mol. The van der Waals surface area contributed by atoms with Crippen molar-refractivity contribution in [3.63, 3.8) is 0 Å². The molecule has 5 heterocycles. The van der Waals surface area contributed by atoms with E-state index in [9.17, 15) is 9.90 Å². The van der Waals surface area contributed by atoms with Crippen molar-refractivity contribution >= 4 is 29.6 Å². The lowest BCUT2D eigenvalue weighted by Gasteiger charge is -2.46. The summed E-state index contributed by atoms with van der Waals surface area (Å²) in [7, 11) is 1.49. The largest absolute Gasteiger partial charge is 0.491 e. The second-order valence-corrected chi connectivity index (χ2v) is 19.4. The first-order valence-electron chi connectivity index (χ1n) is 25.5. The number of rotatable bonds is 12. The summed E-state index contributed by atoms with van der Waals surface area (Å²) in [5.74, 6) is 5.08. The van der Waals surface area contributed by atoms with Gasteiger partial charge in [-0.3, -0.25) is 24.2 Å². The predicted molar refractivity (Wildman–Crippen MR) is 272 cm³/mol. The Kier molecular flexibility index (Phi) is 13.9. The number of anilines is 1. The summed E-state index contributed by atoms with van der Waals surface area (Å²) in [6.45, 7) is 1.79. The topological polar surface area (TPSA) is 157 Å². The Bertz CT molecular complexity index is 3020. The number of piperazine rings is 1. The van der Waals surface area contributed by atoms with Gasteiger partial charge in [-0.2, -0.15) is 0 Å². The van der Waals surface area contributed by atoms with Crippen LogP contribution >= 0.6 is 0 Å². The van der Waals surface area contributed by atoms with E-state index in [0.29, 0.717) is 59.1 Å². The van der Waals surface area contributed by atoms with Crippen LogP contribution in [0.25, 0.3) is 0 Å². The van der Waals surface area contributed by atoms with Crippen molar-refractivity contribution in [1.29, 1.82) is 0 Å². The minimum atomic E-state index is -2.04. The van der Waals surface area contributed by atoms with Crippen LogP contribution in [-0.2, 0) is 40.6 Å². The number of aliphatic hydroxyl groups is 1. The molecule has 6 aliphatic rings. The third-order valence-electron chi connectivity index (χ3n) is 15.2. The van der Waals surface area contributed by atoms with Gasteiger partial charge in [0.15, 0.2) is 11.5 Å².